The number of hydrogen-bond donors (Lipinski definition) is 1. The first-order valence-electron chi connectivity index (χ1n) is 12.0. The van der Waals surface area contributed by atoms with Crippen LogP contribution in [0.25, 0.3) is 0 Å². The summed E-state index contributed by atoms with van der Waals surface area (Å²) in [5, 5.41) is 4.30. The van der Waals surface area contributed by atoms with Crippen LogP contribution in [0.2, 0.25) is 28.2 Å². The monoisotopic (exact) mass is 520 g/mol. The van der Waals surface area contributed by atoms with Gasteiger partial charge in [0.2, 0.25) is 5.91 Å². The first-order chi connectivity index (χ1) is 15.8. The van der Waals surface area contributed by atoms with Gasteiger partial charge < -0.3 is 9.74 Å². The average Bonchev–Trinajstić information content (AvgIpc) is 2.73. The van der Waals surface area contributed by atoms with Gasteiger partial charge in [0.1, 0.15) is 0 Å². The standard InChI is InChI=1S/C27H38Cl2N2O2Si/c1-18(32)30-20-9-10-22-21(19-8-12-24(28)25(29)16-19)11-13-26(23(22)17-20)31(5)14-15-33-34(6,7)27(2,3)4/h8-10,12,16-17,21,26H,11,13-15H2,1-7H3,(H,30,32)/t21-,26-/m0/s1. The van der Waals surface area contributed by atoms with Crippen LogP contribution in [0.3, 0.4) is 0 Å². The van der Waals surface area contributed by atoms with Crippen molar-refractivity contribution >= 4 is 43.1 Å². The van der Waals surface area contributed by atoms with Gasteiger partial charge in [-0.1, -0.05) is 56.1 Å². The lowest BCUT2D eigenvalue weighted by Gasteiger charge is -2.39. The molecule has 1 aliphatic carbocycles. The van der Waals surface area contributed by atoms with E-state index in [1.165, 1.54) is 16.7 Å². The van der Waals surface area contributed by atoms with E-state index in [1.54, 1.807) is 6.92 Å². The quantitative estimate of drug-likeness (QED) is 0.377. The first kappa shape index (κ1) is 27.2. The van der Waals surface area contributed by atoms with Crippen LogP contribution in [0, 0.1) is 0 Å². The molecular formula is C27H38Cl2N2O2Si. The van der Waals surface area contributed by atoms with Crippen molar-refractivity contribution in [2.75, 3.05) is 25.5 Å². The van der Waals surface area contributed by atoms with E-state index < -0.39 is 8.32 Å². The number of nitrogens with zero attached hydrogens (tertiary/aromatic N) is 1. The van der Waals surface area contributed by atoms with Crippen molar-refractivity contribution in [3.05, 3.63) is 63.1 Å². The van der Waals surface area contributed by atoms with Crippen molar-refractivity contribution in [2.45, 2.75) is 70.6 Å². The van der Waals surface area contributed by atoms with E-state index in [0.717, 1.165) is 31.7 Å². The Labute approximate surface area is 216 Å². The Hall–Kier alpha value is -1.37. The fourth-order valence-corrected chi connectivity index (χ4v) is 5.79. The maximum absolute atomic E-state index is 11.7. The van der Waals surface area contributed by atoms with Gasteiger partial charge in [0.25, 0.3) is 0 Å². The topological polar surface area (TPSA) is 41.6 Å². The molecule has 1 aliphatic rings. The summed E-state index contributed by atoms with van der Waals surface area (Å²) in [6.07, 6.45) is 2.03. The first-order valence-corrected chi connectivity index (χ1v) is 15.7. The Morgan fingerprint density at radius 1 is 1.09 bits per heavy atom. The molecule has 0 heterocycles. The third kappa shape index (κ3) is 6.24. The average molecular weight is 522 g/mol. The molecule has 0 saturated heterocycles. The number of rotatable bonds is 7. The van der Waals surface area contributed by atoms with E-state index in [1.807, 2.05) is 18.2 Å². The van der Waals surface area contributed by atoms with Crippen LogP contribution in [-0.4, -0.2) is 39.3 Å². The smallest absolute Gasteiger partial charge is 0.221 e. The minimum Gasteiger partial charge on any atom is -0.416 e. The molecule has 0 aromatic heterocycles. The molecule has 0 unspecified atom stereocenters. The molecule has 1 amide bonds. The van der Waals surface area contributed by atoms with Gasteiger partial charge in [-0.05, 0) is 79.0 Å². The van der Waals surface area contributed by atoms with E-state index in [9.17, 15) is 4.79 Å². The van der Waals surface area contributed by atoms with Gasteiger partial charge in [0.05, 0.1) is 10.0 Å². The van der Waals surface area contributed by atoms with E-state index >= 15 is 0 Å². The van der Waals surface area contributed by atoms with Gasteiger partial charge >= 0.3 is 0 Å². The number of anilines is 1. The van der Waals surface area contributed by atoms with Crippen LogP contribution in [-0.2, 0) is 9.22 Å². The Bertz CT molecular complexity index is 1040. The van der Waals surface area contributed by atoms with Crippen molar-refractivity contribution in [1.29, 1.82) is 0 Å². The highest BCUT2D eigenvalue weighted by molar-refractivity contribution is 6.74. The Kier molecular flexibility index (Phi) is 8.57. The van der Waals surface area contributed by atoms with Crippen molar-refractivity contribution < 1.29 is 9.22 Å². The molecule has 186 valence electrons. The van der Waals surface area contributed by atoms with Crippen LogP contribution < -0.4 is 5.32 Å². The molecule has 0 spiro atoms. The highest BCUT2D eigenvalue weighted by Crippen LogP contribution is 2.45. The van der Waals surface area contributed by atoms with Crippen molar-refractivity contribution in [3.8, 4) is 0 Å². The van der Waals surface area contributed by atoms with Crippen molar-refractivity contribution in [3.63, 3.8) is 0 Å². The van der Waals surface area contributed by atoms with Gasteiger partial charge in [-0.15, -0.1) is 0 Å². The zero-order chi connectivity index (χ0) is 25.3. The molecule has 2 aromatic carbocycles. The highest BCUT2D eigenvalue weighted by Gasteiger charge is 2.37. The lowest BCUT2D eigenvalue weighted by molar-refractivity contribution is -0.114. The zero-order valence-electron chi connectivity index (χ0n) is 21.5. The summed E-state index contributed by atoms with van der Waals surface area (Å²) < 4.78 is 6.45. The number of amides is 1. The molecule has 0 saturated carbocycles. The molecule has 1 N–H and O–H groups in total. The molecular weight excluding hydrogens is 483 g/mol. The van der Waals surface area contributed by atoms with Crippen LogP contribution in [0.4, 0.5) is 5.69 Å². The van der Waals surface area contributed by atoms with Crippen molar-refractivity contribution in [2.24, 2.45) is 0 Å². The van der Waals surface area contributed by atoms with E-state index in [2.05, 4.69) is 69.3 Å². The molecule has 2 aromatic rings. The summed E-state index contributed by atoms with van der Waals surface area (Å²) in [5.74, 6) is 0.175. The van der Waals surface area contributed by atoms with Gasteiger partial charge in [-0.3, -0.25) is 9.69 Å². The summed E-state index contributed by atoms with van der Waals surface area (Å²) >= 11 is 12.5. The molecule has 3 rings (SSSR count). The number of carbonyl (C=O) groups excluding carboxylic acids is 1. The van der Waals surface area contributed by atoms with Crippen LogP contribution in [0.5, 0.6) is 0 Å². The summed E-state index contributed by atoms with van der Waals surface area (Å²) in [6.45, 7) is 14.5. The number of likely N-dealkylation sites (N-methyl/N-ethyl adjacent to an activating group) is 1. The second kappa shape index (κ2) is 10.7. The fraction of sp³-hybridized carbons (Fsp3) is 0.519. The SMILES string of the molecule is CC(=O)Nc1ccc2c(c1)[C@@H](N(C)CCO[Si](C)(C)C(C)(C)C)CC[C@H]2c1ccc(Cl)c(Cl)c1. The maximum Gasteiger partial charge on any atom is 0.221 e. The van der Waals surface area contributed by atoms with E-state index in [-0.39, 0.29) is 22.9 Å². The second-order valence-corrected chi connectivity index (χ2v) is 16.6. The highest BCUT2D eigenvalue weighted by atomic mass is 35.5. The molecule has 2 atom stereocenters. The van der Waals surface area contributed by atoms with Gasteiger partial charge in [-0.25, -0.2) is 0 Å². The number of halogens is 2. The summed E-state index contributed by atoms with van der Waals surface area (Å²) in [4.78, 5) is 14.1. The number of fused-ring (bicyclic) bond motifs is 1. The Morgan fingerprint density at radius 3 is 2.41 bits per heavy atom. The molecule has 7 heteroatoms. The lowest BCUT2D eigenvalue weighted by Crippen LogP contribution is -2.43. The third-order valence-electron chi connectivity index (χ3n) is 7.46. The molecule has 0 aliphatic heterocycles. The van der Waals surface area contributed by atoms with Gasteiger partial charge in [0.15, 0.2) is 8.32 Å². The van der Waals surface area contributed by atoms with Gasteiger partial charge in [0, 0.05) is 37.7 Å². The molecule has 34 heavy (non-hydrogen) atoms. The molecule has 0 fully saturated rings. The molecule has 4 nitrogen and oxygen atoms in total. The summed E-state index contributed by atoms with van der Waals surface area (Å²) in [6, 6.07) is 12.5. The summed E-state index contributed by atoms with van der Waals surface area (Å²) in [5.41, 5.74) is 4.53. The number of nitrogens with one attached hydrogen (secondary N) is 1. The Morgan fingerprint density at radius 2 is 1.79 bits per heavy atom. The van der Waals surface area contributed by atoms with E-state index in [0.29, 0.717) is 10.0 Å². The zero-order valence-corrected chi connectivity index (χ0v) is 24.0. The van der Waals surface area contributed by atoms with Crippen molar-refractivity contribution in [1.82, 2.24) is 4.90 Å². The Balaban J connectivity index is 1.87. The number of carbonyl (C=O) groups is 1. The predicted molar refractivity (Wildman–Crippen MR) is 147 cm³/mol. The fourth-order valence-electron chi connectivity index (χ4n) is 4.45. The van der Waals surface area contributed by atoms with Crippen LogP contribution in [0.15, 0.2) is 36.4 Å². The van der Waals surface area contributed by atoms with Crippen LogP contribution in [0.1, 0.15) is 69.2 Å². The minimum atomic E-state index is -1.78. The second-order valence-electron chi connectivity index (χ2n) is 10.9. The van der Waals surface area contributed by atoms with Crippen LogP contribution >= 0.6 is 23.2 Å². The minimum absolute atomic E-state index is 0.0653. The molecule has 0 bridgehead atoms. The normalized spacial score (nSPS) is 18.6. The lowest BCUT2D eigenvalue weighted by atomic mass is 9.76. The predicted octanol–water partition coefficient (Wildman–Crippen LogP) is 7.87. The largest absolute Gasteiger partial charge is 0.416 e. The number of benzene rings is 2. The number of hydrogen-bond acceptors (Lipinski definition) is 3. The van der Waals surface area contributed by atoms with E-state index in [4.69, 9.17) is 27.6 Å². The molecule has 0 radical (unpaired) electrons. The van der Waals surface area contributed by atoms with Gasteiger partial charge in [-0.2, -0.15) is 0 Å². The third-order valence-corrected chi connectivity index (χ3v) is 12.7. The summed E-state index contributed by atoms with van der Waals surface area (Å²) in [7, 11) is 0.392. The maximum atomic E-state index is 11.7.